The second kappa shape index (κ2) is 11.2. The molecule has 1 aromatic heterocycles. The summed E-state index contributed by atoms with van der Waals surface area (Å²) in [5.41, 5.74) is 2.63. The largest absolute Gasteiger partial charge is 0.351 e. The van der Waals surface area contributed by atoms with E-state index in [2.05, 4.69) is 31.2 Å². The highest BCUT2D eigenvalue weighted by Gasteiger charge is 2.30. The van der Waals surface area contributed by atoms with E-state index in [0.717, 1.165) is 25.1 Å². The van der Waals surface area contributed by atoms with Gasteiger partial charge in [-0.15, -0.1) is 0 Å². The van der Waals surface area contributed by atoms with E-state index in [1.54, 1.807) is 24.3 Å². The molecule has 3 aromatic rings. The van der Waals surface area contributed by atoms with E-state index in [9.17, 15) is 9.59 Å². The number of carbonyl (C=O) groups excluding carboxylic acids is 2. The normalized spacial score (nSPS) is 12.8. The highest BCUT2D eigenvalue weighted by atomic mass is 35.5. The van der Waals surface area contributed by atoms with E-state index < -0.39 is 0 Å². The van der Waals surface area contributed by atoms with Crippen molar-refractivity contribution in [2.45, 2.75) is 12.8 Å². The van der Waals surface area contributed by atoms with Crippen LogP contribution >= 0.6 is 11.6 Å². The average molecular weight is 494 g/mol. The Morgan fingerprint density at radius 2 is 1.74 bits per heavy atom. The number of hydrogen-bond donors (Lipinski definition) is 4. The number of benzene rings is 2. The molecule has 0 atom stereocenters. The van der Waals surface area contributed by atoms with Crippen molar-refractivity contribution >= 4 is 52.2 Å². The molecule has 2 aromatic carbocycles. The zero-order chi connectivity index (χ0) is 24.8. The molecule has 9 nitrogen and oxygen atoms in total. The molecule has 182 valence electrons. The Morgan fingerprint density at radius 3 is 2.43 bits per heavy atom. The maximum Gasteiger partial charge on any atom is 0.251 e. The van der Waals surface area contributed by atoms with Crippen molar-refractivity contribution in [3.63, 3.8) is 0 Å². The van der Waals surface area contributed by atoms with E-state index in [1.807, 2.05) is 43.3 Å². The number of para-hydroxylation sites is 2. The van der Waals surface area contributed by atoms with Crippen LogP contribution in [0.25, 0.3) is 0 Å². The van der Waals surface area contributed by atoms with Crippen LogP contribution in [0.3, 0.4) is 0 Å². The maximum absolute atomic E-state index is 12.3. The Hall–Kier alpha value is -3.69. The maximum atomic E-state index is 12.3. The number of likely N-dealkylation sites (N-methyl/N-ethyl adjacent to an activating group) is 1. The molecule has 0 radical (unpaired) electrons. The van der Waals surface area contributed by atoms with Crippen LogP contribution in [0, 0.1) is 5.92 Å². The Kier molecular flexibility index (Phi) is 7.79. The first-order chi connectivity index (χ1) is 16.9. The zero-order valence-corrected chi connectivity index (χ0v) is 20.4. The zero-order valence-electron chi connectivity index (χ0n) is 19.6. The van der Waals surface area contributed by atoms with E-state index >= 15 is 0 Å². The lowest BCUT2D eigenvalue weighted by Gasteiger charge is -2.14. The second-order valence-corrected chi connectivity index (χ2v) is 8.99. The summed E-state index contributed by atoms with van der Waals surface area (Å²) in [4.78, 5) is 35.2. The SMILES string of the molecule is CN(C)CCNC(=O)c1ccc(Nc2ncc(Cl)c(Nc3ccccc3NC(=O)C3CC3)n2)cc1. The van der Waals surface area contributed by atoms with Gasteiger partial charge in [0.2, 0.25) is 11.9 Å². The summed E-state index contributed by atoms with van der Waals surface area (Å²) in [6, 6.07) is 14.4. The van der Waals surface area contributed by atoms with E-state index in [1.165, 1.54) is 6.20 Å². The summed E-state index contributed by atoms with van der Waals surface area (Å²) < 4.78 is 0. The minimum Gasteiger partial charge on any atom is -0.351 e. The minimum atomic E-state index is -0.125. The Balaban J connectivity index is 1.42. The molecule has 0 saturated heterocycles. The molecule has 35 heavy (non-hydrogen) atoms. The molecule has 1 heterocycles. The summed E-state index contributed by atoms with van der Waals surface area (Å²) in [7, 11) is 3.91. The van der Waals surface area contributed by atoms with Crippen LogP contribution in [-0.2, 0) is 4.79 Å². The first-order valence-electron chi connectivity index (χ1n) is 11.4. The van der Waals surface area contributed by atoms with Crippen molar-refractivity contribution in [2.75, 3.05) is 43.1 Å². The number of anilines is 5. The fourth-order valence-corrected chi connectivity index (χ4v) is 3.39. The van der Waals surface area contributed by atoms with Crippen LogP contribution in [0.5, 0.6) is 0 Å². The van der Waals surface area contributed by atoms with E-state index in [4.69, 9.17) is 11.6 Å². The molecular formula is C25H28ClN7O2. The fourth-order valence-electron chi connectivity index (χ4n) is 3.25. The number of aromatic nitrogens is 2. The quantitative estimate of drug-likeness (QED) is 0.334. The van der Waals surface area contributed by atoms with Crippen LogP contribution in [0.2, 0.25) is 5.02 Å². The van der Waals surface area contributed by atoms with Crippen LogP contribution in [0.1, 0.15) is 23.2 Å². The fraction of sp³-hybridized carbons (Fsp3) is 0.280. The van der Waals surface area contributed by atoms with Crippen molar-refractivity contribution in [1.82, 2.24) is 20.2 Å². The minimum absolute atomic E-state index is 0.0187. The molecule has 0 aliphatic heterocycles. The van der Waals surface area contributed by atoms with Gasteiger partial charge in [0.1, 0.15) is 5.02 Å². The third-order valence-corrected chi connectivity index (χ3v) is 5.65. The van der Waals surface area contributed by atoms with Gasteiger partial charge in [-0.05, 0) is 63.3 Å². The number of nitrogens with zero attached hydrogens (tertiary/aromatic N) is 3. The summed E-state index contributed by atoms with van der Waals surface area (Å²) in [5.74, 6) is 0.719. The van der Waals surface area contributed by atoms with Gasteiger partial charge in [0.25, 0.3) is 5.91 Å². The molecular weight excluding hydrogens is 466 g/mol. The number of carbonyl (C=O) groups is 2. The lowest BCUT2D eigenvalue weighted by molar-refractivity contribution is -0.117. The van der Waals surface area contributed by atoms with Gasteiger partial charge < -0.3 is 26.2 Å². The van der Waals surface area contributed by atoms with Gasteiger partial charge in [-0.2, -0.15) is 4.98 Å². The lowest BCUT2D eigenvalue weighted by Crippen LogP contribution is -2.31. The van der Waals surface area contributed by atoms with Gasteiger partial charge in [0, 0.05) is 30.3 Å². The lowest BCUT2D eigenvalue weighted by atomic mass is 10.2. The van der Waals surface area contributed by atoms with Crippen LogP contribution < -0.4 is 21.3 Å². The summed E-state index contributed by atoms with van der Waals surface area (Å²) in [6.45, 7) is 1.35. The highest BCUT2D eigenvalue weighted by Crippen LogP contribution is 2.33. The number of halogens is 1. The standard InChI is InChI=1S/C25H28ClN7O2/c1-33(2)14-13-27-23(34)16-9-11-18(12-10-16)29-25-28-15-19(26)22(32-25)30-20-5-3-4-6-21(20)31-24(35)17-7-8-17/h3-6,9-12,15,17H,7-8,13-14H2,1-2H3,(H,27,34)(H,31,35)(H2,28,29,30,32). The molecule has 1 aliphatic carbocycles. The van der Waals surface area contributed by atoms with Crippen LogP contribution in [0.15, 0.2) is 54.7 Å². The smallest absolute Gasteiger partial charge is 0.251 e. The van der Waals surface area contributed by atoms with E-state index in [-0.39, 0.29) is 17.7 Å². The third-order valence-electron chi connectivity index (χ3n) is 5.38. The monoisotopic (exact) mass is 493 g/mol. The topological polar surface area (TPSA) is 111 Å². The molecule has 10 heteroatoms. The van der Waals surface area contributed by atoms with Crippen molar-refractivity contribution < 1.29 is 9.59 Å². The average Bonchev–Trinajstić information content (AvgIpc) is 3.68. The molecule has 1 fully saturated rings. The third kappa shape index (κ3) is 6.91. The van der Waals surface area contributed by atoms with Crippen molar-refractivity contribution in [3.05, 3.63) is 65.3 Å². The number of nitrogens with one attached hydrogen (secondary N) is 4. The van der Waals surface area contributed by atoms with Crippen LogP contribution in [0.4, 0.5) is 28.8 Å². The van der Waals surface area contributed by atoms with Gasteiger partial charge in [0.05, 0.1) is 17.6 Å². The predicted octanol–water partition coefficient (Wildman–Crippen LogP) is 4.26. The molecule has 1 saturated carbocycles. The molecule has 0 bridgehead atoms. The van der Waals surface area contributed by atoms with Gasteiger partial charge >= 0.3 is 0 Å². The summed E-state index contributed by atoms with van der Waals surface area (Å²) >= 11 is 6.33. The van der Waals surface area contributed by atoms with Crippen LogP contribution in [-0.4, -0.2) is 53.9 Å². The Bertz CT molecular complexity index is 1200. The summed E-state index contributed by atoms with van der Waals surface area (Å²) in [5, 5.41) is 12.5. The second-order valence-electron chi connectivity index (χ2n) is 8.59. The highest BCUT2D eigenvalue weighted by molar-refractivity contribution is 6.33. The van der Waals surface area contributed by atoms with Gasteiger partial charge in [0.15, 0.2) is 5.82 Å². The molecule has 1 aliphatic rings. The molecule has 0 spiro atoms. The number of hydrogen-bond acceptors (Lipinski definition) is 7. The molecule has 4 rings (SSSR count). The number of amides is 2. The van der Waals surface area contributed by atoms with Gasteiger partial charge in [-0.25, -0.2) is 4.98 Å². The molecule has 4 N–H and O–H groups in total. The molecule has 0 unspecified atom stereocenters. The Labute approximate surface area is 209 Å². The van der Waals surface area contributed by atoms with Crippen molar-refractivity contribution in [3.8, 4) is 0 Å². The first-order valence-corrected chi connectivity index (χ1v) is 11.8. The van der Waals surface area contributed by atoms with Crippen molar-refractivity contribution in [1.29, 1.82) is 0 Å². The van der Waals surface area contributed by atoms with E-state index in [0.29, 0.717) is 40.3 Å². The summed E-state index contributed by atoms with van der Waals surface area (Å²) in [6.07, 6.45) is 3.35. The Morgan fingerprint density at radius 1 is 1.03 bits per heavy atom. The van der Waals surface area contributed by atoms with Gasteiger partial charge in [-0.1, -0.05) is 23.7 Å². The first kappa shape index (κ1) is 24.4. The van der Waals surface area contributed by atoms with Gasteiger partial charge in [-0.3, -0.25) is 9.59 Å². The van der Waals surface area contributed by atoms with Crippen molar-refractivity contribution in [2.24, 2.45) is 5.92 Å². The number of rotatable bonds is 10. The predicted molar refractivity (Wildman–Crippen MR) is 139 cm³/mol. The molecule has 2 amide bonds.